The quantitative estimate of drug-likeness (QED) is 0.632. The van der Waals surface area contributed by atoms with Gasteiger partial charge in [0.1, 0.15) is 11.4 Å². The lowest BCUT2D eigenvalue weighted by molar-refractivity contribution is -0.137. The minimum atomic E-state index is -4.52. The van der Waals surface area contributed by atoms with Gasteiger partial charge in [-0.1, -0.05) is 0 Å². The molecule has 3 heterocycles. The number of nitrogens with one attached hydrogen (secondary N) is 2. The standard InChI is InChI=1S/C19H20F3N5O/c1-27-8-2-3-12(10-27)24-18-17-14(6-7-23-17)16(25-26-18)13-5-4-11(9-15(13)28)19(20,21)22/h4-7,9,12,23,28H,2-3,8,10H2,1H3,(H,24,26)/t12-/m1/s1. The van der Waals surface area contributed by atoms with E-state index in [-0.39, 0.29) is 11.6 Å². The van der Waals surface area contributed by atoms with Crippen LogP contribution in [-0.2, 0) is 6.18 Å². The molecule has 0 radical (unpaired) electrons. The molecule has 1 fully saturated rings. The number of H-pyrrole nitrogens is 1. The van der Waals surface area contributed by atoms with Crippen molar-refractivity contribution in [3.8, 4) is 17.0 Å². The number of halogens is 3. The number of hydrogen-bond acceptors (Lipinski definition) is 5. The third-order valence-corrected chi connectivity index (χ3v) is 5.03. The molecule has 0 spiro atoms. The molecule has 28 heavy (non-hydrogen) atoms. The van der Waals surface area contributed by atoms with Crippen LogP contribution in [0.3, 0.4) is 0 Å². The molecule has 2 aromatic heterocycles. The lowest BCUT2D eigenvalue weighted by Gasteiger charge is -2.30. The molecule has 3 aromatic rings. The first-order chi connectivity index (χ1) is 13.3. The molecular weight excluding hydrogens is 371 g/mol. The number of phenols is 1. The number of nitrogens with zero attached hydrogens (tertiary/aromatic N) is 3. The summed E-state index contributed by atoms with van der Waals surface area (Å²) in [7, 11) is 2.07. The van der Waals surface area contributed by atoms with E-state index in [4.69, 9.17) is 0 Å². The minimum Gasteiger partial charge on any atom is -0.507 e. The number of aromatic nitrogens is 3. The summed E-state index contributed by atoms with van der Waals surface area (Å²) < 4.78 is 38.6. The highest BCUT2D eigenvalue weighted by Gasteiger charge is 2.31. The third kappa shape index (κ3) is 3.49. The molecule has 1 saturated heterocycles. The monoisotopic (exact) mass is 391 g/mol. The maximum atomic E-state index is 12.9. The fraction of sp³-hybridized carbons (Fsp3) is 0.368. The molecule has 9 heteroatoms. The number of aromatic amines is 1. The highest BCUT2D eigenvalue weighted by atomic mass is 19.4. The molecule has 1 aromatic carbocycles. The van der Waals surface area contributed by atoms with Gasteiger partial charge in [0.15, 0.2) is 5.82 Å². The fourth-order valence-electron chi connectivity index (χ4n) is 3.65. The van der Waals surface area contributed by atoms with Crippen molar-refractivity contribution >= 4 is 16.7 Å². The fourth-order valence-corrected chi connectivity index (χ4v) is 3.65. The Morgan fingerprint density at radius 2 is 2.07 bits per heavy atom. The number of piperidine rings is 1. The maximum absolute atomic E-state index is 12.9. The topological polar surface area (TPSA) is 77.1 Å². The number of benzene rings is 1. The van der Waals surface area contributed by atoms with Crippen molar-refractivity contribution in [3.05, 3.63) is 36.0 Å². The van der Waals surface area contributed by atoms with Crippen molar-refractivity contribution in [1.29, 1.82) is 0 Å². The highest BCUT2D eigenvalue weighted by molar-refractivity contribution is 5.99. The first kappa shape index (κ1) is 18.5. The predicted octanol–water partition coefficient (Wildman–Crippen LogP) is 3.86. The summed E-state index contributed by atoms with van der Waals surface area (Å²) in [5.41, 5.74) is 0.326. The summed E-state index contributed by atoms with van der Waals surface area (Å²) in [5, 5.41) is 22.7. The van der Waals surface area contributed by atoms with Crippen molar-refractivity contribution in [2.75, 3.05) is 25.5 Å². The van der Waals surface area contributed by atoms with Crippen LogP contribution in [0.5, 0.6) is 5.75 Å². The van der Waals surface area contributed by atoms with E-state index >= 15 is 0 Å². The summed E-state index contributed by atoms with van der Waals surface area (Å²) >= 11 is 0. The van der Waals surface area contributed by atoms with Gasteiger partial charge < -0.3 is 20.3 Å². The van der Waals surface area contributed by atoms with E-state index < -0.39 is 17.5 Å². The second-order valence-electron chi connectivity index (χ2n) is 7.14. The first-order valence-electron chi connectivity index (χ1n) is 9.02. The number of likely N-dealkylation sites (tertiary alicyclic amines) is 1. The molecule has 0 saturated carbocycles. The number of rotatable bonds is 3. The van der Waals surface area contributed by atoms with Gasteiger partial charge in [-0.15, -0.1) is 10.2 Å². The molecule has 148 valence electrons. The zero-order valence-corrected chi connectivity index (χ0v) is 15.2. The van der Waals surface area contributed by atoms with Gasteiger partial charge in [-0.05, 0) is 50.7 Å². The van der Waals surface area contributed by atoms with Crippen LogP contribution in [0.4, 0.5) is 19.0 Å². The summed E-state index contributed by atoms with van der Waals surface area (Å²) in [6.45, 7) is 1.96. The van der Waals surface area contributed by atoms with Crippen molar-refractivity contribution < 1.29 is 18.3 Å². The van der Waals surface area contributed by atoms with Crippen LogP contribution in [0.2, 0.25) is 0 Å². The molecule has 0 bridgehead atoms. The third-order valence-electron chi connectivity index (χ3n) is 5.03. The second-order valence-corrected chi connectivity index (χ2v) is 7.14. The molecule has 0 amide bonds. The number of hydrogen-bond donors (Lipinski definition) is 3. The van der Waals surface area contributed by atoms with Gasteiger partial charge in [-0.25, -0.2) is 0 Å². The Morgan fingerprint density at radius 1 is 1.25 bits per heavy atom. The Morgan fingerprint density at radius 3 is 2.79 bits per heavy atom. The first-order valence-corrected chi connectivity index (χ1v) is 9.02. The van der Waals surface area contributed by atoms with Crippen LogP contribution in [-0.4, -0.2) is 51.4 Å². The average molecular weight is 391 g/mol. The van der Waals surface area contributed by atoms with E-state index in [1.807, 2.05) is 0 Å². The normalized spacial score (nSPS) is 18.5. The van der Waals surface area contributed by atoms with E-state index in [1.165, 1.54) is 6.07 Å². The number of alkyl halides is 3. The van der Waals surface area contributed by atoms with E-state index in [2.05, 4.69) is 32.4 Å². The van der Waals surface area contributed by atoms with E-state index in [0.717, 1.165) is 32.0 Å². The zero-order chi connectivity index (χ0) is 19.9. The van der Waals surface area contributed by atoms with Gasteiger partial charge in [0.2, 0.25) is 0 Å². The smallest absolute Gasteiger partial charge is 0.416 e. The number of anilines is 1. The van der Waals surface area contributed by atoms with Gasteiger partial charge in [-0.2, -0.15) is 13.2 Å². The van der Waals surface area contributed by atoms with Gasteiger partial charge in [0.25, 0.3) is 0 Å². The predicted molar refractivity (Wildman–Crippen MR) is 100 cm³/mol. The maximum Gasteiger partial charge on any atom is 0.416 e. The lowest BCUT2D eigenvalue weighted by Crippen LogP contribution is -2.40. The largest absolute Gasteiger partial charge is 0.507 e. The number of aromatic hydroxyl groups is 1. The summed E-state index contributed by atoms with van der Waals surface area (Å²) in [5.74, 6) is 0.108. The van der Waals surface area contributed by atoms with Gasteiger partial charge in [0, 0.05) is 29.7 Å². The lowest BCUT2D eigenvalue weighted by atomic mass is 10.0. The van der Waals surface area contributed by atoms with E-state index in [1.54, 1.807) is 12.3 Å². The van der Waals surface area contributed by atoms with Gasteiger partial charge >= 0.3 is 6.18 Å². The molecule has 4 rings (SSSR count). The summed E-state index contributed by atoms with van der Waals surface area (Å²) in [6.07, 6.45) is -0.689. The Bertz CT molecular complexity index is 1000. The molecular formula is C19H20F3N5O. The molecule has 1 atom stereocenters. The van der Waals surface area contributed by atoms with Crippen molar-refractivity contribution in [1.82, 2.24) is 20.1 Å². The number of phenolic OH excluding ortho intramolecular Hbond substituents is 1. The molecule has 3 N–H and O–H groups in total. The number of likely N-dealkylation sites (N-methyl/N-ethyl adjacent to an activating group) is 1. The van der Waals surface area contributed by atoms with Crippen LogP contribution in [0.15, 0.2) is 30.5 Å². The average Bonchev–Trinajstić information content (AvgIpc) is 3.12. The van der Waals surface area contributed by atoms with Gasteiger partial charge in [0.05, 0.1) is 11.1 Å². The van der Waals surface area contributed by atoms with Crippen molar-refractivity contribution in [2.24, 2.45) is 0 Å². The second kappa shape index (κ2) is 6.97. The van der Waals surface area contributed by atoms with Crippen LogP contribution in [0, 0.1) is 0 Å². The van der Waals surface area contributed by atoms with E-state index in [9.17, 15) is 18.3 Å². The van der Waals surface area contributed by atoms with Gasteiger partial charge in [-0.3, -0.25) is 0 Å². The zero-order valence-electron chi connectivity index (χ0n) is 15.2. The Hall–Kier alpha value is -2.81. The minimum absolute atomic E-state index is 0.203. The SMILES string of the molecule is CN1CCC[C@@H](Nc2nnc(-c3ccc(C(F)(F)F)cc3O)c3cc[nH]c23)C1. The van der Waals surface area contributed by atoms with Crippen molar-refractivity contribution in [2.45, 2.75) is 25.1 Å². The van der Waals surface area contributed by atoms with Crippen LogP contribution < -0.4 is 5.32 Å². The molecule has 6 nitrogen and oxygen atoms in total. The molecule has 1 aliphatic heterocycles. The Kier molecular flexibility index (Phi) is 4.62. The molecule has 0 unspecified atom stereocenters. The summed E-state index contributed by atoms with van der Waals surface area (Å²) in [6, 6.07) is 4.87. The van der Waals surface area contributed by atoms with Crippen LogP contribution in [0.1, 0.15) is 18.4 Å². The Balaban J connectivity index is 1.70. The van der Waals surface area contributed by atoms with Crippen molar-refractivity contribution in [3.63, 3.8) is 0 Å². The number of fused-ring (bicyclic) bond motifs is 1. The molecule has 0 aliphatic carbocycles. The Labute approximate surface area is 159 Å². The van der Waals surface area contributed by atoms with Crippen LogP contribution in [0.25, 0.3) is 22.2 Å². The molecule has 1 aliphatic rings. The van der Waals surface area contributed by atoms with E-state index in [0.29, 0.717) is 28.5 Å². The highest BCUT2D eigenvalue weighted by Crippen LogP contribution is 2.38. The van der Waals surface area contributed by atoms with Crippen LogP contribution >= 0.6 is 0 Å². The summed E-state index contributed by atoms with van der Waals surface area (Å²) in [4.78, 5) is 5.36.